The van der Waals surface area contributed by atoms with Gasteiger partial charge in [0.25, 0.3) is 0 Å². The first kappa shape index (κ1) is 14.3. The van der Waals surface area contributed by atoms with Gasteiger partial charge in [0.15, 0.2) is 0 Å². The van der Waals surface area contributed by atoms with Crippen molar-refractivity contribution in [3.05, 3.63) is 0 Å². The number of rotatable bonds is 5. The highest BCUT2D eigenvalue weighted by Gasteiger charge is 2.11. The first-order valence-corrected chi connectivity index (χ1v) is 4.02. The molecule has 3 nitrogen and oxygen atoms in total. The summed E-state index contributed by atoms with van der Waals surface area (Å²) in [6, 6.07) is 0. The highest BCUT2D eigenvalue weighted by molar-refractivity contribution is 5.85. The van der Waals surface area contributed by atoms with Gasteiger partial charge in [0, 0.05) is 5.92 Å². The van der Waals surface area contributed by atoms with Gasteiger partial charge in [-0.25, -0.2) is 0 Å². The van der Waals surface area contributed by atoms with E-state index in [9.17, 15) is 4.79 Å². The van der Waals surface area contributed by atoms with E-state index in [1.165, 1.54) is 0 Å². The Morgan fingerprint density at radius 1 is 1.50 bits per heavy atom. The number of hydrogen-bond donors (Lipinski definition) is 1. The van der Waals surface area contributed by atoms with Crippen molar-refractivity contribution in [2.45, 2.75) is 19.8 Å². The van der Waals surface area contributed by atoms with Gasteiger partial charge in [-0.2, -0.15) is 0 Å². The first-order valence-electron chi connectivity index (χ1n) is 4.02. The summed E-state index contributed by atoms with van der Waals surface area (Å²) < 4.78 is 0. The third-order valence-electron chi connectivity index (χ3n) is 1.82. The maximum Gasteiger partial charge on any atom is 0.220 e. The third-order valence-corrected chi connectivity index (χ3v) is 1.82. The molecule has 0 aliphatic rings. The maximum atomic E-state index is 10.7. The first-order chi connectivity index (χ1) is 5.07. The Morgan fingerprint density at radius 3 is 2.25 bits per heavy atom. The number of halogens is 1. The average molecular weight is 195 g/mol. The van der Waals surface area contributed by atoms with Gasteiger partial charge in [0.1, 0.15) is 0 Å². The zero-order valence-corrected chi connectivity index (χ0v) is 8.86. The number of carbonyl (C=O) groups excluding carboxylic acids is 1. The number of primary amides is 1. The summed E-state index contributed by atoms with van der Waals surface area (Å²) in [4.78, 5) is 12.8. The molecule has 1 atom stereocenters. The number of hydrogen-bond acceptors (Lipinski definition) is 2. The summed E-state index contributed by atoms with van der Waals surface area (Å²) in [5.74, 6) is -0.119. The van der Waals surface area contributed by atoms with Crippen molar-refractivity contribution in [1.82, 2.24) is 4.90 Å². The van der Waals surface area contributed by atoms with Crippen LogP contribution in [0.2, 0.25) is 0 Å². The lowest BCUT2D eigenvalue weighted by Crippen LogP contribution is -2.26. The number of nitrogens with zero attached hydrogens (tertiary/aromatic N) is 1. The van der Waals surface area contributed by atoms with Gasteiger partial charge in [0.2, 0.25) is 5.91 Å². The van der Waals surface area contributed by atoms with Gasteiger partial charge in [-0.05, 0) is 33.5 Å². The smallest absolute Gasteiger partial charge is 0.220 e. The zero-order chi connectivity index (χ0) is 8.85. The van der Waals surface area contributed by atoms with Crippen molar-refractivity contribution < 1.29 is 4.79 Å². The van der Waals surface area contributed by atoms with E-state index in [1.54, 1.807) is 0 Å². The molecule has 0 heterocycles. The lowest BCUT2D eigenvalue weighted by atomic mass is 10.0. The van der Waals surface area contributed by atoms with E-state index in [-0.39, 0.29) is 24.2 Å². The van der Waals surface area contributed by atoms with Crippen LogP contribution in [0.3, 0.4) is 0 Å². The van der Waals surface area contributed by atoms with E-state index in [1.807, 2.05) is 21.0 Å². The number of nitrogens with two attached hydrogens (primary N) is 1. The molecule has 0 saturated heterocycles. The Kier molecular flexibility index (Phi) is 8.76. The zero-order valence-electron chi connectivity index (χ0n) is 8.04. The Labute approximate surface area is 80.7 Å². The van der Waals surface area contributed by atoms with E-state index < -0.39 is 0 Å². The maximum absolute atomic E-state index is 10.7. The molecule has 2 N–H and O–H groups in total. The van der Waals surface area contributed by atoms with Crippen molar-refractivity contribution >= 4 is 18.3 Å². The van der Waals surface area contributed by atoms with Crippen LogP contribution < -0.4 is 5.73 Å². The topological polar surface area (TPSA) is 46.3 Å². The molecule has 0 aromatic rings. The van der Waals surface area contributed by atoms with Crippen molar-refractivity contribution in [2.24, 2.45) is 11.7 Å². The second-order valence-electron chi connectivity index (χ2n) is 3.10. The van der Waals surface area contributed by atoms with Gasteiger partial charge in [-0.1, -0.05) is 6.92 Å². The average Bonchev–Trinajstić information content (AvgIpc) is 1.87. The SMILES string of the molecule is CCC(CCN(C)C)C(N)=O.Cl. The molecule has 1 amide bonds. The minimum atomic E-state index is -0.172. The van der Waals surface area contributed by atoms with Gasteiger partial charge in [0.05, 0.1) is 0 Å². The molecular formula is C8H19ClN2O. The molecule has 0 rings (SSSR count). The molecule has 0 saturated carbocycles. The molecule has 12 heavy (non-hydrogen) atoms. The largest absolute Gasteiger partial charge is 0.369 e. The standard InChI is InChI=1S/C8H18N2O.ClH/c1-4-7(8(9)11)5-6-10(2)3;/h7H,4-6H2,1-3H3,(H2,9,11);1H. The summed E-state index contributed by atoms with van der Waals surface area (Å²) in [6.45, 7) is 2.92. The van der Waals surface area contributed by atoms with Crippen LogP contribution in [0, 0.1) is 5.92 Å². The van der Waals surface area contributed by atoms with Gasteiger partial charge in [-0.15, -0.1) is 12.4 Å². The lowest BCUT2D eigenvalue weighted by Gasteiger charge is -2.14. The van der Waals surface area contributed by atoms with Crippen LogP contribution in [0.5, 0.6) is 0 Å². The van der Waals surface area contributed by atoms with Crippen molar-refractivity contribution in [3.8, 4) is 0 Å². The summed E-state index contributed by atoms with van der Waals surface area (Å²) in [5.41, 5.74) is 5.18. The van der Waals surface area contributed by atoms with E-state index in [0.29, 0.717) is 0 Å². The highest BCUT2D eigenvalue weighted by atomic mass is 35.5. The molecule has 74 valence electrons. The minimum Gasteiger partial charge on any atom is -0.369 e. The molecule has 0 aromatic heterocycles. The predicted octanol–water partition coefficient (Wildman–Crippen LogP) is 0.871. The van der Waals surface area contributed by atoms with Gasteiger partial charge >= 0.3 is 0 Å². The predicted molar refractivity (Wildman–Crippen MR) is 53.4 cm³/mol. The summed E-state index contributed by atoms with van der Waals surface area (Å²) in [5, 5.41) is 0. The number of carbonyl (C=O) groups is 1. The molecule has 0 radical (unpaired) electrons. The van der Waals surface area contributed by atoms with Crippen molar-refractivity contribution in [1.29, 1.82) is 0 Å². The summed E-state index contributed by atoms with van der Waals surface area (Å²) in [7, 11) is 3.99. The van der Waals surface area contributed by atoms with E-state index in [0.717, 1.165) is 19.4 Å². The summed E-state index contributed by atoms with van der Waals surface area (Å²) >= 11 is 0. The monoisotopic (exact) mass is 194 g/mol. The second kappa shape index (κ2) is 7.37. The molecule has 0 fully saturated rings. The van der Waals surface area contributed by atoms with E-state index >= 15 is 0 Å². The molecule has 0 bridgehead atoms. The van der Waals surface area contributed by atoms with Crippen LogP contribution in [-0.4, -0.2) is 31.4 Å². The third kappa shape index (κ3) is 6.43. The second-order valence-corrected chi connectivity index (χ2v) is 3.10. The van der Waals surface area contributed by atoms with E-state index in [4.69, 9.17) is 5.73 Å². The molecule has 0 aliphatic heterocycles. The van der Waals surface area contributed by atoms with Crippen LogP contribution in [0.4, 0.5) is 0 Å². The fourth-order valence-corrected chi connectivity index (χ4v) is 0.962. The number of amides is 1. The van der Waals surface area contributed by atoms with Crippen LogP contribution in [0.15, 0.2) is 0 Å². The molecule has 0 spiro atoms. The Morgan fingerprint density at radius 2 is 2.00 bits per heavy atom. The van der Waals surface area contributed by atoms with E-state index in [2.05, 4.69) is 4.90 Å². The molecule has 0 aromatic carbocycles. The van der Waals surface area contributed by atoms with Crippen LogP contribution in [0.25, 0.3) is 0 Å². The minimum absolute atomic E-state index is 0. The highest BCUT2D eigenvalue weighted by Crippen LogP contribution is 2.06. The molecular weight excluding hydrogens is 176 g/mol. The fraction of sp³-hybridized carbons (Fsp3) is 0.875. The fourth-order valence-electron chi connectivity index (χ4n) is 0.962. The van der Waals surface area contributed by atoms with Gasteiger partial charge in [-0.3, -0.25) is 4.79 Å². The van der Waals surface area contributed by atoms with Crippen LogP contribution in [-0.2, 0) is 4.79 Å². The quantitative estimate of drug-likeness (QED) is 0.706. The lowest BCUT2D eigenvalue weighted by molar-refractivity contribution is -0.122. The molecule has 0 aliphatic carbocycles. The van der Waals surface area contributed by atoms with Crippen LogP contribution in [0.1, 0.15) is 19.8 Å². The normalized spacial score (nSPS) is 12.3. The Bertz CT molecular complexity index is 128. The molecule has 1 unspecified atom stereocenters. The van der Waals surface area contributed by atoms with Crippen molar-refractivity contribution in [2.75, 3.05) is 20.6 Å². The summed E-state index contributed by atoms with van der Waals surface area (Å²) in [6.07, 6.45) is 1.72. The Balaban J connectivity index is 0. The molecule has 4 heteroatoms. The van der Waals surface area contributed by atoms with Crippen LogP contribution >= 0.6 is 12.4 Å². The van der Waals surface area contributed by atoms with Gasteiger partial charge < -0.3 is 10.6 Å². The van der Waals surface area contributed by atoms with Crippen molar-refractivity contribution in [3.63, 3.8) is 0 Å². The Hall–Kier alpha value is -0.280.